The largest absolute Gasteiger partial charge is 0.480 e. The second kappa shape index (κ2) is 8.55. The fourth-order valence-electron chi connectivity index (χ4n) is 0.499. The van der Waals surface area contributed by atoms with Gasteiger partial charge in [-0.2, -0.15) is 0 Å². The summed E-state index contributed by atoms with van der Waals surface area (Å²) in [6, 6.07) is 9.60. The van der Waals surface area contributed by atoms with Gasteiger partial charge in [0.15, 0.2) is 0 Å². The predicted molar refractivity (Wildman–Crippen MR) is 57.4 cm³/mol. The van der Waals surface area contributed by atoms with Crippen LogP contribution in [0.5, 0.6) is 5.75 Å². The summed E-state index contributed by atoms with van der Waals surface area (Å²) < 4.78 is 4.83. The van der Waals surface area contributed by atoms with Gasteiger partial charge in [0.05, 0.1) is 9.47 Å². The topological polar surface area (TPSA) is 9.23 Å². The van der Waals surface area contributed by atoms with Crippen molar-refractivity contribution in [2.24, 2.45) is 0 Å². The van der Waals surface area contributed by atoms with Crippen LogP contribution in [-0.4, -0.2) is 0 Å². The number of rotatable bonds is 2. The van der Waals surface area contributed by atoms with Gasteiger partial charge in [-0.05, 0) is 12.1 Å². The average molecular weight is 184 g/mol. The van der Waals surface area contributed by atoms with E-state index in [0.29, 0.717) is 0 Å². The summed E-state index contributed by atoms with van der Waals surface area (Å²) in [7, 11) is 2.19. The minimum Gasteiger partial charge on any atom is -0.480 e. The summed E-state index contributed by atoms with van der Waals surface area (Å²) in [5.74, 6) is 0.873. The van der Waals surface area contributed by atoms with Gasteiger partial charge in [0.2, 0.25) is 0 Å². The zero-order valence-corrected chi connectivity index (χ0v) is 8.94. The molecule has 1 aromatic carbocycles. The van der Waals surface area contributed by atoms with Crippen molar-refractivity contribution >= 4 is 9.47 Å². The molecule has 68 valence electrons. The lowest BCUT2D eigenvalue weighted by Gasteiger charge is -1.93. The Morgan fingerprint density at radius 1 is 1.08 bits per heavy atom. The molecule has 0 saturated carbocycles. The molecule has 1 nitrogen and oxygen atoms in total. The van der Waals surface area contributed by atoms with Gasteiger partial charge < -0.3 is 4.52 Å². The molecule has 0 heterocycles. The van der Waals surface area contributed by atoms with E-state index in [-0.39, 0.29) is 0 Å². The molecule has 0 aliphatic carbocycles. The Hall–Kier alpha value is -0.550. The molecular formula is C10H17OP. The van der Waals surface area contributed by atoms with Crippen molar-refractivity contribution < 1.29 is 4.52 Å². The lowest BCUT2D eigenvalue weighted by atomic mass is 10.3. The van der Waals surface area contributed by atoms with Crippen LogP contribution in [0.25, 0.3) is 0 Å². The highest BCUT2D eigenvalue weighted by Crippen LogP contribution is 2.09. The Balaban J connectivity index is 0.000000261. The monoisotopic (exact) mass is 184 g/mol. The molecule has 2 heteroatoms. The van der Waals surface area contributed by atoms with E-state index in [1.165, 1.54) is 12.8 Å². The predicted octanol–water partition coefficient (Wildman–Crippen LogP) is 3.66. The van der Waals surface area contributed by atoms with E-state index in [1.54, 1.807) is 0 Å². The summed E-state index contributed by atoms with van der Waals surface area (Å²) >= 11 is 0. The van der Waals surface area contributed by atoms with Crippen molar-refractivity contribution in [1.82, 2.24) is 0 Å². The third-order valence-electron chi connectivity index (χ3n) is 1.38. The van der Waals surface area contributed by atoms with E-state index in [4.69, 9.17) is 4.52 Å². The molecule has 0 spiro atoms. The summed E-state index contributed by atoms with van der Waals surface area (Å²) in [5, 5.41) is 0. The van der Waals surface area contributed by atoms with Gasteiger partial charge in [-0.25, -0.2) is 0 Å². The summed E-state index contributed by atoms with van der Waals surface area (Å²) in [4.78, 5) is 0. The Morgan fingerprint density at radius 3 is 1.83 bits per heavy atom. The minimum atomic E-state index is 0.873. The number of para-hydroxylation sites is 1. The fourth-order valence-corrected chi connectivity index (χ4v) is 0.656. The van der Waals surface area contributed by atoms with E-state index in [0.717, 1.165) is 5.75 Å². The first-order chi connectivity index (χ1) is 5.85. The average Bonchev–Trinajstić information content (AvgIpc) is 2.19. The van der Waals surface area contributed by atoms with E-state index >= 15 is 0 Å². The zero-order valence-electron chi connectivity index (χ0n) is 7.79. The minimum absolute atomic E-state index is 0.873. The molecule has 0 N–H and O–H groups in total. The Bertz CT molecular complexity index is 172. The van der Waals surface area contributed by atoms with Crippen molar-refractivity contribution in [2.75, 3.05) is 0 Å². The zero-order chi connectivity index (χ0) is 9.23. The van der Waals surface area contributed by atoms with E-state index in [9.17, 15) is 0 Å². The van der Waals surface area contributed by atoms with Gasteiger partial charge in [-0.15, -0.1) is 0 Å². The molecule has 1 aromatic rings. The molecule has 0 radical (unpaired) electrons. The van der Waals surface area contributed by atoms with Crippen LogP contribution in [0.2, 0.25) is 0 Å². The fraction of sp³-hybridized carbons (Fsp3) is 0.400. The maximum atomic E-state index is 4.83. The van der Waals surface area contributed by atoms with Crippen LogP contribution in [0.4, 0.5) is 0 Å². The van der Waals surface area contributed by atoms with Crippen LogP contribution in [0, 0.1) is 0 Å². The van der Waals surface area contributed by atoms with Crippen LogP contribution in [0.1, 0.15) is 26.7 Å². The van der Waals surface area contributed by atoms with Crippen molar-refractivity contribution in [3.05, 3.63) is 30.3 Å². The Morgan fingerprint density at radius 2 is 1.58 bits per heavy atom. The molecule has 1 atom stereocenters. The maximum absolute atomic E-state index is 4.83. The second-order valence-electron chi connectivity index (χ2n) is 2.43. The smallest absolute Gasteiger partial charge is 0.122 e. The molecule has 1 rings (SSSR count). The van der Waals surface area contributed by atoms with Gasteiger partial charge in [0.1, 0.15) is 5.75 Å². The van der Waals surface area contributed by atoms with Crippen molar-refractivity contribution in [3.8, 4) is 5.75 Å². The second-order valence-corrected chi connectivity index (χ2v) is 2.67. The Kier molecular flexibility index (Phi) is 8.15. The molecule has 0 amide bonds. The third-order valence-corrected chi connectivity index (χ3v) is 1.65. The SMILES string of the molecule is CCCC.POc1ccccc1. The quantitative estimate of drug-likeness (QED) is 0.637. The number of benzene rings is 1. The van der Waals surface area contributed by atoms with Gasteiger partial charge in [-0.1, -0.05) is 44.9 Å². The highest BCUT2D eigenvalue weighted by atomic mass is 31.0. The van der Waals surface area contributed by atoms with Crippen molar-refractivity contribution in [2.45, 2.75) is 26.7 Å². The van der Waals surface area contributed by atoms with E-state index in [1.807, 2.05) is 30.3 Å². The summed E-state index contributed by atoms with van der Waals surface area (Å²) in [5.41, 5.74) is 0. The molecule has 0 saturated heterocycles. The third kappa shape index (κ3) is 6.18. The van der Waals surface area contributed by atoms with Crippen LogP contribution in [0.3, 0.4) is 0 Å². The van der Waals surface area contributed by atoms with Gasteiger partial charge in [0, 0.05) is 0 Å². The molecular weight excluding hydrogens is 167 g/mol. The highest BCUT2D eigenvalue weighted by Gasteiger charge is 1.80. The number of hydrogen-bond acceptors (Lipinski definition) is 1. The molecule has 0 aliphatic heterocycles. The van der Waals surface area contributed by atoms with Crippen LogP contribution < -0.4 is 4.52 Å². The lowest BCUT2D eigenvalue weighted by molar-refractivity contribution is 0.646. The number of unbranched alkanes of at least 4 members (excludes halogenated alkanes) is 1. The summed E-state index contributed by atoms with van der Waals surface area (Å²) in [6.45, 7) is 4.36. The highest BCUT2D eigenvalue weighted by molar-refractivity contribution is 7.10. The van der Waals surface area contributed by atoms with E-state index in [2.05, 4.69) is 23.3 Å². The molecule has 1 unspecified atom stereocenters. The van der Waals surface area contributed by atoms with Crippen molar-refractivity contribution in [3.63, 3.8) is 0 Å². The first-order valence-electron chi connectivity index (χ1n) is 4.26. The van der Waals surface area contributed by atoms with Gasteiger partial charge in [0.25, 0.3) is 0 Å². The van der Waals surface area contributed by atoms with Gasteiger partial charge in [-0.3, -0.25) is 0 Å². The van der Waals surface area contributed by atoms with Crippen LogP contribution in [-0.2, 0) is 0 Å². The summed E-state index contributed by atoms with van der Waals surface area (Å²) in [6.07, 6.45) is 2.64. The van der Waals surface area contributed by atoms with E-state index < -0.39 is 0 Å². The first kappa shape index (κ1) is 11.4. The number of hydrogen-bond donors (Lipinski definition) is 0. The first-order valence-corrected chi connectivity index (χ1v) is 4.74. The molecule has 0 aromatic heterocycles. The molecule has 0 aliphatic rings. The standard InChI is InChI=1S/C6H7OP.C4H10/c8-7-6-4-2-1-3-5-6;1-3-4-2/h1-5H,8H2;3-4H2,1-2H3. The lowest BCUT2D eigenvalue weighted by Crippen LogP contribution is -1.68. The maximum Gasteiger partial charge on any atom is 0.122 e. The van der Waals surface area contributed by atoms with Crippen LogP contribution in [0.15, 0.2) is 30.3 Å². The Labute approximate surface area is 77.4 Å². The molecule has 0 bridgehead atoms. The molecule has 12 heavy (non-hydrogen) atoms. The van der Waals surface area contributed by atoms with Crippen LogP contribution >= 0.6 is 9.47 Å². The normalized spacial score (nSPS) is 8.25. The van der Waals surface area contributed by atoms with Gasteiger partial charge >= 0.3 is 0 Å². The molecule has 0 fully saturated rings. The van der Waals surface area contributed by atoms with Crippen molar-refractivity contribution in [1.29, 1.82) is 0 Å².